The number of rotatable bonds is 2. The Morgan fingerprint density at radius 3 is 2.45 bits per heavy atom. The molecule has 1 aliphatic rings. The Kier molecular flexibility index (Phi) is 3.02. The summed E-state index contributed by atoms with van der Waals surface area (Å²) in [4.78, 5) is 12.4. The van der Waals surface area contributed by atoms with E-state index in [0.717, 1.165) is 19.5 Å². The predicted molar refractivity (Wildman–Crippen MR) is 42.5 cm³/mol. The Morgan fingerprint density at radius 1 is 1.45 bits per heavy atom. The second-order valence-corrected chi connectivity index (χ2v) is 3.10. The molecule has 0 aromatic heterocycles. The Bertz CT molecular complexity index is 128. The highest BCUT2D eigenvalue weighted by molar-refractivity contribution is 5.52. The Labute approximate surface area is 67.3 Å². The molecule has 11 heavy (non-hydrogen) atoms. The van der Waals surface area contributed by atoms with Gasteiger partial charge in [0.15, 0.2) is 0 Å². The molecular weight excluding hydrogens is 142 g/mol. The summed E-state index contributed by atoms with van der Waals surface area (Å²) in [6.07, 6.45) is 0.957. The highest BCUT2D eigenvalue weighted by Gasteiger charge is 2.24. The Morgan fingerprint density at radius 2 is 2.00 bits per heavy atom. The maximum atomic E-state index is 10.3. The molecule has 0 aromatic carbocycles. The molecule has 0 bridgehead atoms. The van der Waals surface area contributed by atoms with Crippen molar-refractivity contribution in [3.8, 4) is 0 Å². The summed E-state index contributed by atoms with van der Waals surface area (Å²) in [6.45, 7) is 6.19. The number of hydrogen-bond donors (Lipinski definition) is 0. The minimum atomic E-state index is 0.379. The maximum absolute atomic E-state index is 10.3. The molecular formula is C8H15NO2. The molecule has 0 spiro atoms. The van der Waals surface area contributed by atoms with Gasteiger partial charge in [0.2, 0.25) is 0 Å². The lowest BCUT2D eigenvalue weighted by molar-refractivity contribution is -0.112. The number of carbonyl (C=O) groups excluding carboxylic acids is 1. The van der Waals surface area contributed by atoms with Gasteiger partial charge in [0.1, 0.15) is 6.29 Å². The van der Waals surface area contributed by atoms with E-state index in [2.05, 4.69) is 18.7 Å². The number of morpholine rings is 1. The molecule has 0 aliphatic carbocycles. The molecule has 0 unspecified atom stereocenters. The minimum Gasteiger partial charge on any atom is -0.378 e. The van der Waals surface area contributed by atoms with E-state index in [9.17, 15) is 4.79 Å². The van der Waals surface area contributed by atoms with E-state index < -0.39 is 0 Å². The molecule has 2 atom stereocenters. The lowest BCUT2D eigenvalue weighted by Crippen LogP contribution is -2.50. The Hall–Kier alpha value is -0.410. The lowest BCUT2D eigenvalue weighted by atomic mass is 10.2. The van der Waals surface area contributed by atoms with Gasteiger partial charge in [-0.05, 0) is 13.8 Å². The van der Waals surface area contributed by atoms with Crippen LogP contribution in [0.3, 0.4) is 0 Å². The molecule has 1 aliphatic heterocycles. The smallest absolute Gasteiger partial charge is 0.134 e. The zero-order valence-electron chi connectivity index (χ0n) is 7.12. The molecule has 0 radical (unpaired) electrons. The molecule has 1 heterocycles. The SMILES string of the molecule is C[C@@H]1COC[C@H](C)N1CC=O. The first-order valence-corrected chi connectivity index (χ1v) is 4.03. The van der Waals surface area contributed by atoms with Gasteiger partial charge >= 0.3 is 0 Å². The van der Waals surface area contributed by atoms with Crippen LogP contribution in [0.2, 0.25) is 0 Å². The van der Waals surface area contributed by atoms with Gasteiger partial charge in [-0.15, -0.1) is 0 Å². The molecule has 0 amide bonds. The topological polar surface area (TPSA) is 29.5 Å². The van der Waals surface area contributed by atoms with E-state index >= 15 is 0 Å². The van der Waals surface area contributed by atoms with E-state index in [4.69, 9.17) is 4.74 Å². The number of ether oxygens (including phenoxy) is 1. The largest absolute Gasteiger partial charge is 0.378 e. The first-order valence-electron chi connectivity index (χ1n) is 4.03. The Balaban J connectivity index is 2.47. The molecule has 0 aromatic rings. The molecule has 3 nitrogen and oxygen atoms in total. The summed E-state index contributed by atoms with van der Waals surface area (Å²) in [5, 5.41) is 0. The quantitative estimate of drug-likeness (QED) is 0.540. The van der Waals surface area contributed by atoms with Crippen molar-refractivity contribution >= 4 is 6.29 Å². The zero-order valence-corrected chi connectivity index (χ0v) is 7.12. The van der Waals surface area contributed by atoms with Crippen molar-refractivity contribution < 1.29 is 9.53 Å². The van der Waals surface area contributed by atoms with Gasteiger partial charge < -0.3 is 9.53 Å². The van der Waals surface area contributed by atoms with Crippen molar-refractivity contribution in [3.05, 3.63) is 0 Å². The van der Waals surface area contributed by atoms with E-state index in [1.807, 2.05) is 0 Å². The fraction of sp³-hybridized carbons (Fsp3) is 0.875. The van der Waals surface area contributed by atoms with Gasteiger partial charge in [0, 0.05) is 12.1 Å². The molecule has 1 fully saturated rings. The van der Waals surface area contributed by atoms with Crippen molar-refractivity contribution in [2.45, 2.75) is 25.9 Å². The summed E-state index contributed by atoms with van der Waals surface area (Å²) < 4.78 is 5.31. The van der Waals surface area contributed by atoms with Crippen LogP contribution >= 0.6 is 0 Å². The average Bonchev–Trinajstić information content (AvgIpc) is 1.97. The number of hydrogen-bond acceptors (Lipinski definition) is 3. The van der Waals surface area contributed by atoms with Crippen LogP contribution in [-0.4, -0.2) is 43.0 Å². The summed E-state index contributed by atoms with van der Waals surface area (Å²) in [6, 6.07) is 0.757. The monoisotopic (exact) mass is 157 g/mol. The normalized spacial score (nSPS) is 33.6. The molecule has 0 saturated carbocycles. The molecule has 1 saturated heterocycles. The highest BCUT2D eigenvalue weighted by Crippen LogP contribution is 2.10. The number of nitrogens with zero attached hydrogens (tertiary/aromatic N) is 1. The third kappa shape index (κ3) is 2.01. The van der Waals surface area contributed by atoms with Crippen LogP contribution < -0.4 is 0 Å². The van der Waals surface area contributed by atoms with Gasteiger partial charge in [-0.3, -0.25) is 4.90 Å². The number of carbonyl (C=O) groups is 1. The second-order valence-electron chi connectivity index (χ2n) is 3.10. The van der Waals surface area contributed by atoms with Crippen molar-refractivity contribution in [2.75, 3.05) is 19.8 Å². The fourth-order valence-electron chi connectivity index (χ4n) is 1.48. The number of aldehydes is 1. The van der Waals surface area contributed by atoms with E-state index in [-0.39, 0.29) is 0 Å². The van der Waals surface area contributed by atoms with E-state index in [1.54, 1.807) is 0 Å². The van der Waals surface area contributed by atoms with E-state index in [0.29, 0.717) is 18.6 Å². The first kappa shape index (κ1) is 8.68. The molecule has 1 rings (SSSR count). The summed E-state index contributed by atoms with van der Waals surface area (Å²) in [5.74, 6) is 0. The van der Waals surface area contributed by atoms with Gasteiger partial charge in [0.05, 0.1) is 19.8 Å². The molecule has 0 N–H and O–H groups in total. The van der Waals surface area contributed by atoms with Crippen molar-refractivity contribution in [2.24, 2.45) is 0 Å². The zero-order chi connectivity index (χ0) is 8.27. The third-order valence-electron chi connectivity index (χ3n) is 2.14. The minimum absolute atomic E-state index is 0.379. The van der Waals surface area contributed by atoms with Gasteiger partial charge in [-0.1, -0.05) is 0 Å². The van der Waals surface area contributed by atoms with Crippen molar-refractivity contribution in [3.63, 3.8) is 0 Å². The van der Waals surface area contributed by atoms with E-state index in [1.165, 1.54) is 0 Å². The van der Waals surface area contributed by atoms with Crippen LogP contribution in [0.1, 0.15) is 13.8 Å². The fourth-order valence-corrected chi connectivity index (χ4v) is 1.48. The standard InChI is InChI=1S/C8H15NO2/c1-7-5-11-6-8(2)9(7)3-4-10/h4,7-8H,3,5-6H2,1-2H3/t7-,8+. The lowest BCUT2D eigenvalue weighted by Gasteiger charge is -2.37. The maximum Gasteiger partial charge on any atom is 0.134 e. The van der Waals surface area contributed by atoms with Crippen LogP contribution in [0.25, 0.3) is 0 Å². The van der Waals surface area contributed by atoms with Gasteiger partial charge in [-0.2, -0.15) is 0 Å². The molecule has 64 valence electrons. The summed E-state index contributed by atoms with van der Waals surface area (Å²) >= 11 is 0. The van der Waals surface area contributed by atoms with Gasteiger partial charge in [-0.25, -0.2) is 0 Å². The van der Waals surface area contributed by atoms with Crippen molar-refractivity contribution in [1.82, 2.24) is 4.90 Å². The summed E-state index contributed by atoms with van der Waals surface area (Å²) in [5.41, 5.74) is 0. The second kappa shape index (κ2) is 3.83. The average molecular weight is 157 g/mol. The van der Waals surface area contributed by atoms with Crippen molar-refractivity contribution in [1.29, 1.82) is 0 Å². The third-order valence-corrected chi connectivity index (χ3v) is 2.14. The van der Waals surface area contributed by atoms with Crippen LogP contribution in [-0.2, 0) is 9.53 Å². The summed E-state index contributed by atoms with van der Waals surface area (Å²) in [7, 11) is 0. The highest BCUT2D eigenvalue weighted by atomic mass is 16.5. The van der Waals surface area contributed by atoms with Gasteiger partial charge in [0.25, 0.3) is 0 Å². The molecule has 3 heteroatoms. The van der Waals surface area contributed by atoms with Crippen LogP contribution in [0, 0.1) is 0 Å². The van der Waals surface area contributed by atoms with Crippen LogP contribution in [0.15, 0.2) is 0 Å². The first-order chi connectivity index (χ1) is 5.25. The van der Waals surface area contributed by atoms with Crippen LogP contribution in [0.4, 0.5) is 0 Å². The predicted octanol–water partition coefficient (Wildman–Crippen LogP) is 0.294. The van der Waals surface area contributed by atoms with Crippen LogP contribution in [0.5, 0.6) is 0 Å².